The van der Waals surface area contributed by atoms with Crippen LogP contribution in [0, 0.1) is 11.7 Å². The summed E-state index contributed by atoms with van der Waals surface area (Å²) in [5.74, 6) is 0.587. The molecule has 168 valence electrons. The molecule has 1 fully saturated rings. The Morgan fingerprint density at radius 3 is 2.59 bits per heavy atom. The summed E-state index contributed by atoms with van der Waals surface area (Å²) >= 11 is 5.78. The van der Waals surface area contributed by atoms with Gasteiger partial charge in [0, 0.05) is 49.4 Å². The Bertz CT molecular complexity index is 1110. The smallest absolute Gasteiger partial charge is 0.251 e. The van der Waals surface area contributed by atoms with Crippen LogP contribution in [0.3, 0.4) is 0 Å². The number of anilines is 2. The third-order valence-corrected chi connectivity index (χ3v) is 6.40. The SMILES string of the molecule is CN(C)c1cc(NC2CCC(CNC(=O)c3ccc(F)c(Cl)c3)CC2)nc2ccccc12. The predicted octanol–water partition coefficient (Wildman–Crippen LogP) is 5.49. The van der Waals surface area contributed by atoms with Crippen molar-refractivity contribution in [2.75, 3.05) is 30.9 Å². The fourth-order valence-electron chi connectivity index (χ4n) is 4.30. The van der Waals surface area contributed by atoms with Crippen LogP contribution in [0.2, 0.25) is 5.02 Å². The largest absolute Gasteiger partial charge is 0.377 e. The Balaban J connectivity index is 1.31. The third-order valence-electron chi connectivity index (χ3n) is 6.11. The van der Waals surface area contributed by atoms with Gasteiger partial charge in [-0.2, -0.15) is 0 Å². The summed E-state index contributed by atoms with van der Waals surface area (Å²) in [5.41, 5.74) is 2.51. The molecular formula is C25H28ClFN4O. The molecule has 1 aliphatic rings. The summed E-state index contributed by atoms with van der Waals surface area (Å²) in [5, 5.41) is 7.68. The number of hydrogen-bond donors (Lipinski definition) is 2. The minimum atomic E-state index is -0.521. The topological polar surface area (TPSA) is 57.3 Å². The van der Waals surface area contributed by atoms with Gasteiger partial charge in [0.2, 0.25) is 0 Å². The maximum atomic E-state index is 13.3. The zero-order valence-electron chi connectivity index (χ0n) is 18.4. The molecule has 0 saturated heterocycles. The molecule has 0 spiro atoms. The van der Waals surface area contributed by atoms with E-state index in [1.807, 2.05) is 32.3 Å². The molecule has 1 aliphatic carbocycles. The van der Waals surface area contributed by atoms with Gasteiger partial charge in [0.15, 0.2) is 0 Å². The summed E-state index contributed by atoms with van der Waals surface area (Å²) in [6.45, 7) is 0.611. The fraction of sp³-hybridized carbons (Fsp3) is 0.360. The van der Waals surface area contributed by atoms with E-state index in [0.717, 1.165) is 48.1 Å². The fourth-order valence-corrected chi connectivity index (χ4v) is 4.48. The van der Waals surface area contributed by atoms with Crippen molar-refractivity contribution in [2.45, 2.75) is 31.7 Å². The lowest BCUT2D eigenvalue weighted by molar-refractivity contribution is 0.0943. The third kappa shape index (κ3) is 5.13. The first-order valence-corrected chi connectivity index (χ1v) is 11.4. The van der Waals surface area contributed by atoms with Crippen molar-refractivity contribution in [1.29, 1.82) is 0 Å². The molecule has 3 aromatic rings. The molecule has 1 aromatic heterocycles. The van der Waals surface area contributed by atoms with E-state index in [4.69, 9.17) is 16.6 Å². The number of amides is 1. The second-order valence-electron chi connectivity index (χ2n) is 8.64. The summed E-state index contributed by atoms with van der Waals surface area (Å²) in [6, 6.07) is 14.7. The van der Waals surface area contributed by atoms with E-state index < -0.39 is 5.82 Å². The van der Waals surface area contributed by atoms with Gasteiger partial charge in [-0.3, -0.25) is 4.79 Å². The van der Waals surface area contributed by atoms with Gasteiger partial charge in [0.05, 0.1) is 10.5 Å². The van der Waals surface area contributed by atoms with Crippen LogP contribution in [-0.2, 0) is 0 Å². The zero-order chi connectivity index (χ0) is 22.7. The number of carbonyl (C=O) groups is 1. The molecule has 2 aromatic carbocycles. The number of pyridine rings is 1. The van der Waals surface area contributed by atoms with E-state index in [2.05, 4.69) is 27.7 Å². The lowest BCUT2D eigenvalue weighted by atomic mass is 9.86. The number of hydrogen-bond acceptors (Lipinski definition) is 4. The highest BCUT2D eigenvalue weighted by Gasteiger charge is 2.22. The van der Waals surface area contributed by atoms with Crippen LogP contribution in [-0.4, -0.2) is 37.6 Å². The van der Waals surface area contributed by atoms with Crippen LogP contribution >= 0.6 is 11.6 Å². The molecule has 2 N–H and O–H groups in total. The van der Waals surface area contributed by atoms with E-state index in [9.17, 15) is 9.18 Å². The monoisotopic (exact) mass is 454 g/mol. The number of carbonyl (C=O) groups excluding carboxylic acids is 1. The van der Waals surface area contributed by atoms with Gasteiger partial charge in [0.1, 0.15) is 11.6 Å². The minimum absolute atomic E-state index is 0.0380. The maximum Gasteiger partial charge on any atom is 0.251 e. The molecule has 1 saturated carbocycles. The highest BCUT2D eigenvalue weighted by Crippen LogP contribution is 2.30. The Hall–Kier alpha value is -2.86. The molecule has 0 radical (unpaired) electrons. The normalized spacial score (nSPS) is 18.4. The number of benzene rings is 2. The molecule has 0 aliphatic heterocycles. The van der Waals surface area contributed by atoms with Crippen molar-refractivity contribution in [3.8, 4) is 0 Å². The zero-order valence-corrected chi connectivity index (χ0v) is 19.1. The summed E-state index contributed by atoms with van der Waals surface area (Å²) in [6.07, 6.45) is 4.09. The van der Waals surface area contributed by atoms with Gasteiger partial charge in [-0.05, 0) is 55.9 Å². The quantitative estimate of drug-likeness (QED) is 0.516. The van der Waals surface area contributed by atoms with Crippen molar-refractivity contribution in [1.82, 2.24) is 10.3 Å². The Morgan fingerprint density at radius 2 is 1.88 bits per heavy atom. The Kier molecular flexibility index (Phi) is 6.80. The predicted molar refractivity (Wildman–Crippen MR) is 129 cm³/mol. The van der Waals surface area contributed by atoms with Crippen molar-refractivity contribution >= 4 is 39.9 Å². The van der Waals surface area contributed by atoms with E-state index in [1.165, 1.54) is 18.2 Å². The van der Waals surface area contributed by atoms with Crippen molar-refractivity contribution in [2.24, 2.45) is 5.92 Å². The molecule has 1 amide bonds. The van der Waals surface area contributed by atoms with E-state index in [1.54, 1.807) is 0 Å². The summed E-state index contributed by atoms with van der Waals surface area (Å²) in [4.78, 5) is 19.3. The van der Waals surface area contributed by atoms with Gasteiger partial charge in [-0.1, -0.05) is 29.8 Å². The van der Waals surface area contributed by atoms with Crippen molar-refractivity contribution < 1.29 is 9.18 Å². The Morgan fingerprint density at radius 1 is 1.12 bits per heavy atom. The molecule has 4 rings (SSSR count). The number of halogens is 2. The first-order chi connectivity index (χ1) is 15.4. The Labute approximate surface area is 193 Å². The van der Waals surface area contributed by atoms with Crippen LogP contribution in [0.4, 0.5) is 15.9 Å². The minimum Gasteiger partial charge on any atom is -0.377 e. The number of nitrogens with zero attached hydrogens (tertiary/aromatic N) is 2. The number of nitrogens with one attached hydrogen (secondary N) is 2. The standard InChI is InChI=1S/C25H28ClFN4O/c1-31(2)23-14-24(30-22-6-4-3-5-19(22)23)29-18-10-7-16(8-11-18)15-28-25(32)17-9-12-21(27)20(26)13-17/h3-6,9,12-14,16,18H,7-8,10-11,15H2,1-2H3,(H,28,32)(H,29,30). The highest BCUT2D eigenvalue weighted by molar-refractivity contribution is 6.31. The van der Waals surface area contributed by atoms with Crippen LogP contribution < -0.4 is 15.5 Å². The molecule has 0 unspecified atom stereocenters. The molecule has 1 heterocycles. The molecule has 5 nitrogen and oxygen atoms in total. The average molecular weight is 455 g/mol. The molecule has 0 bridgehead atoms. The van der Waals surface area contributed by atoms with Crippen LogP contribution in [0.1, 0.15) is 36.0 Å². The first kappa shape index (κ1) is 22.3. The lowest BCUT2D eigenvalue weighted by Crippen LogP contribution is -2.34. The van der Waals surface area contributed by atoms with E-state index in [-0.39, 0.29) is 10.9 Å². The second kappa shape index (κ2) is 9.74. The number of aromatic nitrogens is 1. The number of para-hydroxylation sites is 1. The van der Waals surface area contributed by atoms with Crippen LogP contribution in [0.25, 0.3) is 10.9 Å². The van der Waals surface area contributed by atoms with Gasteiger partial charge in [0.25, 0.3) is 5.91 Å². The second-order valence-corrected chi connectivity index (χ2v) is 9.05. The van der Waals surface area contributed by atoms with E-state index in [0.29, 0.717) is 24.1 Å². The molecule has 0 atom stereocenters. The van der Waals surface area contributed by atoms with Crippen molar-refractivity contribution in [3.05, 3.63) is 64.9 Å². The van der Waals surface area contributed by atoms with E-state index >= 15 is 0 Å². The van der Waals surface area contributed by atoms with Crippen LogP contribution in [0.15, 0.2) is 48.5 Å². The van der Waals surface area contributed by atoms with Gasteiger partial charge in [-0.15, -0.1) is 0 Å². The molecule has 7 heteroatoms. The van der Waals surface area contributed by atoms with Gasteiger partial charge < -0.3 is 15.5 Å². The number of rotatable bonds is 6. The maximum absolute atomic E-state index is 13.3. The molecular weight excluding hydrogens is 427 g/mol. The summed E-state index contributed by atoms with van der Waals surface area (Å²) in [7, 11) is 4.09. The average Bonchev–Trinajstić information content (AvgIpc) is 2.79. The summed E-state index contributed by atoms with van der Waals surface area (Å²) < 4.78 is 13.3. The molecule has 32 heavy (non-hydrogen) atoms. The lowest BCUT2D eigenvalue weighted by Gasteiger charge is -2.30. The first-order valence-electron chi connectivity index (χ1n) is 11.0. The van der Waals surface area contributed by atoms with Gasteiger partial charge in [-0.25, -0.2) is 9.37 Å². The van der Waals surface area contributed by atoms with Gasteiger partial charge >= 0.3 is 0 Å². The highest BCUT2D eigenvalue weighted by atomic mass is 35.5. The number of fused-ring (bicyclic) bond motifs is 1. The van der Waals surface area contributed by atoms with Crippen LogP contribution in [0.5, 0.6) is 0 Å². The van der Waals surface area contributed by atoms with Crippen molar-refractivity contribution in [3.63, 3.8) is 0 Å².